The first-order valence-electron chi connectivity index (χ1n) is 8.82. The van der Waals surface area contributed by atoms with Gasteiger partial charge in [-0.15, -0.1) is 0 Å². The van der Waals surface area contributed by atoms with Gasteiger partial charge in [0, 0.05) is 56.0 Å². The van der Waals surface area contributed by atoms with Crippen LogP contribution in [-0.2, 0) is 0 Å². The summed E-state index contributed by atoms with van der Waals surface area (Å²) in [4.78, 5) is 22.1. The minimum atomic E-state index is -0.264. The molecule has 0 saturated carbocycles. The minimum absolute atomic E-state index is 0.264. The molecule has 0 bridgehead atoms. The predicted molar refractivity (Wildman–Crippen MR) is 103 cm³/mol. The number of aryl methyl sites for hydroxylation is 1. The summed E-state index contributed by atoms with van der Waals surface area (Å²) < 4.78 is 13.1. The van der Waals surface area contributed by atoms with E-state index in [2.05, 4.69) is 35.1 Å². The standard InChI is InChI=1S/C19H20FN7/c1-14-13-17(24-16-5-3-15(20)4-6-16)25-19(23-14)27-11-9-26(10-12-27)18-21-7-2-8-22-18/h2-8,13H,9-12H2,1H3,(H,23,24,25). The fourth-order valence-electron chi connectivity index (χ4n) is 3.00. The van der Waals surface area contributed by atoms with E-state index in [9.17, 15) is 4.39 Å². The number of hydrogen-bond acceptors (Lipinski definition) is 7. The summed E-state index contributed by atoms with van der Waals surface area (Å²) in [6.45, 7) is 5.13. The Kier molecular flexibility index (Phi) is 4.78. The Morgan fingerprint density at radius 3 is 2.19 bits per heavy atom. The molecular formula is C19H20FN7. The van der Waals surface area contributed by atoms with Crippen LogP contribution in [0.5, 0.6) is 0 Å². The molecule has 8 heteroatoms. The molecule has 138 valence electrons. The molecule has 3 aromatic rings. The van der Waals surface area contributed by atoms with Crippen molar-refractivity contribution in [3.63, 3.8) is 0 Å². The lowest BCUT2D eigenvalue weighted by Gasteiger charge is -2.34. The molecule has 1 fully saturated rings. The fraction of sp³-hybridized carbons (Fsp3) is 0.263. The van der Waals surface area contributed by atoms with Crippen molar-refractivity contribution < 1.29 is 4.39 Å². The first-order valence-corrected chi connectivity index (χ1v) is 8.82. The molecule has 0 unspecified atom stereocenters. The van der Waals surface area contributed by atoms with Gasteiger partial charge >= 0.3 is 0 Å². The quantitative estimate of drug-likeness (QED) is 0.762. The van der Waals surface area contributed by atoms with Crippen LogP contribution in [0.15, 0.2) is 48.8 Å². The Bertz CT molecular complexity index is 894. The number of hydrogen-bond donors (Lipinski definition) is 1. The van der Waals surface area contributed by atoms with Crippen molar-refractivity contribution in [3.05, 3.63) is 60.3 Å². The highest BCUT2D eigenvalue weighted by atomic mass is 19.1. The fourth-order valence-corrected chi connectivity index (χ4v) is 3.00. The van der Waals surface area contributed by atoms with E-state index in [1.54, 1.807) is 24.5 Å². The van der Waals surface area contributed by atoms with Crippen molar-refractivity contribution in [3.8, 4) is 0 Å². The third kappa shape index (κ3) is 4.11. The molecule has 1 aliphatic rings. The van der Waals surface area contributed by atoms with Crippen LogP contribution in [0.4, 0.5) is 27.8 Å². The van der Waals surface area contributed by atoms with Gasteiger partial charge in [0.15, 0.2) is 0 Å². The predicted octanol–water partition coefficient (Wildman–Crippen LogP) is 2.78. The van der Waals surface area contributed by atoms with Gasteiger partial charge in [0.05, 0.1) is 0 Å². The van der Waals surface area contributed by atoms with Crippen LogP contribution in [0, 0.1) is 12.7 Å². The Hall–Kier alpha value is -3.29. The summed E-state index contributed by atoms with van der Waals surface area (Å²) >= 11 is 0. The van der Waals surface area contributed by atoms with Crippen LogP contribution in [0.25, 0.3) is 0 Å². The molecule has 0 aliphatic carbocycles. The van der Waals surface area contributed by atoms with Gasteiger partial charge in [0.1, 0.15) is 11.6 Å². The SMILES string of the molecule is Cc1cc(Nc2ccc(F)cc2)nc(N2CCN(c3ncccn3)CC2)n1. The number of piperazine rings is 1. The Labute approximate surface area is 156 Å². The summed E-state index contributed by atoms with van der Waals surface area (Å²) in [5, 5.41) is 3.21. The van der Waals surface area contributed by atoms with Crippen LogP contribution in [0.3, 0.4) is 0 Å². The average Bonchev–Trinajstić information content (AvgIpc) is 2.70. The second-order valence-corrected chi connectivity index (χ2v) is 6.35. The van der Waals surface area contributed by atoms with Crippen LogP contribution in [0.2, 0.25) is 0 Å². The van der Waals surface area contributed by atoms with E-state index in [0.29, 0.717) is 11.8 Å². The van der Waals surface area contributed by atoms with Gasteiger partial charge in [-0.2, -0.15) is 4.98 Å². The average molecular weight is 365 g/mol. The lowest BCUT2D eigenvalue weighted by Crippen LogP contribution is -2.47. The number of halogens is 1. The van der Waals surface area contributed by atoms with Gasteiger partial charge in [0.2, 0.25) is 11.9 Å². The third-order valence-electron chi connectivity index (χ3n) is 4.36. The number of aromatic nitrogens is 4. The van der Waals surface area contributed by atoms with E-state index in [1.165, 1.54) is 12.1 Å². The van der Waals surface area contributed by atoms with Crippen molar-refractivity contribution in [2.24, 2.45) is 0 Å². The van der Waals surface area contributed by atoms with Gasteiger partial charge in [-0.1, -0.05) is 0 Å². The number of anilines is 4. The van der Waals surface area contributed by atoms with Gasteiger partial charge in [-0.3, -0.25) is 0 Å². The zero-order valence-corrected chi connectivity index (χ0v) is 15.0. The Morgan fingerprint density at radius 1 is 0.889 bits per heavy atom. The van der Waals surface area contributed by atoms with Crippen molar-refractivity contribution in [1.82, 2.24) is 19.9 Å². The van der Waals surface area contributed by atoms with Crippen molar-refractivity contribution in [1.29, 1.82) is 0 Å². The summed E-state index contributed by atoms with van der Waals surface area (Å²) in [7, 11) is 0. The molecule has 1 saturated heterocycles. The van der Waals surface area contributed by atoms with Gasteiger partial charge in [0.25, 0.3) is 0 Å². The molecular weight excluding hydrogens is 345 g/mol. The van der Waals surface area contributed by atoms with Gasteiger partial charge in [-0.25, -0.2) is 19.3 Å². The lowest BCUT2D eigenvalue weighted by molar-refractivity contribution is 0.627. The monoisotopic (exact) mass is 365 g/mol. The van der Waals surface area contributed by atoms with Crippen LogP contribution in [-0.4, -0.2) is 46.1 Å². The first kappa shape index (κ1) is 17.1. The van der Waals surface area contributed by atoms with E-state index in [-0.39, 0.29) is 5.82 Å². The molecule has 1 aliphatic heterocycles. The molecule has 7 nitrogen and oxygen atoms in total. The molecule has 0 amide bonds. The molecule has 0 spiro atoms. The highest BCUT2D eigenvalue weighted by Gasteiger charge is 2.21. The second kappa shape index (κ2) is 7.53. The van der Waals surface area contributed by atoms with Crippen LogP contribution >= 0.6 is 0 Å². The van der Waals surface area contributed by atoms with Crippen LogP contribution < -0.4 is 15.1 Å². The Balaban J connectivity index is 1.46. The van der Waals surface area contributed by atoms with E-state index < -0.39 is 0 Å². The van der Waals surface area contributed by atoms with E-state index in [4.69, 9.17) is 0 Å². The topological polar surface area (TPSA) is 70.1 Å². The smallest absolute Gasteiger partial charge is 0.227 e. The first-order chi connectivity index (χ1) is 13.2. The molecule has 4 rings (SSSR count). The largest absolute Gasteiger partial charge is 0.340 e. The zero-order chi connectivity index (χ0) is 18.6. The maximum atomic E-state index is 13.1. The van der Waals surface area contributed by atoms with E-state index >= 15 is 0 Å². The minimum Gasteiger partial charge on any atom is -0.340 e. The molecule has 3 heterocycles. The zero-order valence-electron chi connectivity index (χ0n) is 15.0. The van der Waals surface area contributed by atoms with Crippen molar-refractivity contribution in [2.45, 2.75) is 6.92 Å². The number of rotatable bonds is 4. The molecule has 27 heavy (non-hydrogen) atoms. The lowest BCUT2D eigenvalue weighted by atomic mass is 10.3. The highest BCUT2D eigenvalue weighted by Crippen LogP contribution is 2.20. The molecule has 1 aromatic carbocycles. The highest BCUT2D eigenvalue weighted by molar-refractivity contribution is 5.57. The molecule has 0 atom stereocenters. The van der Waals surface area contributed by atoms with E-state index in [0.717, 1.165) is 43.5 Å². The number of benzene rings is 1. The summed E-state index contributed by atoms with van der Waals surface area (Å²) in [5.41, 5.74) is 1.66. The summed E-state index contributed by atoms with van der Waals surface area (Å²) in [5.74, 6) is 1.87. The van der Waals surface area contributed by atoms with Crippen LogP contribution in [0.1, 0.15) is 5.69 Å². The summed E-state index contributed by atoms with van der Waals surface area (Å²) in [6, 6.07) is 9.90. The van der Waals surface area contributed by atoms with Crippen molar-refractivity contribution in [2.75, 3.05) is 41.3 Å². The third-order valence-corrected chi connectivity index (χ3v) is 4.36. The van der Waals surface area contributed by atoms with Crippen molar-refractivity contribution >= 4 is 23.4 Å². The molecule has 0 radical (unpaired) electrons. The number of nitrogens with zero attached hydrogens (tertiary/aromatic N) is 6. The normalized spacial score (nSPS) is 14.3. The Morgan fingerprint density at radius 2 is 1.52 bits per heavy atom. The second-order valence-electron chi connectivity index (χ2n) is 6.35. The van der Waals surface area contributed by atoms with E-state index in [1.807, 2.05) is 19.1 Å². The maximum Gasteiger partial charge on any atom is 0.227 e. The molecule has 1 N–H and O–H groups in total. The number of nitrogens with one attached hydrogen (secondary N) is 1. The molecule has 2 aromatic heterocycles. The maximum absolute atomic E-state index is 13.1. The van der Waals surface area contributed by atoms with Gasteiger partial charge in [-0.05, 0) is 37.3 Å². The summed E-state index contributed by atoms with van der Waals surface area (Å²) in [6.07, 6.45) is 3.51. The van der Waals surface area contributed by atoms with Gasteiger partial charge < -0.3 is 15.1 Å².